The average Bonchev–Trinajstić information content (AvgIpc) is 2.05. The van der Waals surface area contributed by atoms with Crippen LogP contribution in [-0.2, 0) is 9.53 Å². The minimum absolute atomic E-state index is 0.221. The highest BCUT2D eigenvalue weighted by atomic mass is 19.1. The zero-order chi connectivity index (χ0) is 8.27. The number of rotatable bonds is 2. The molecule has 1 aliphatic rings. The summed E-state index contributed by atoms with van der Waals surface area (Å²) in [4.78, 5) is 10.4. The van der Waals surface area contributed by atoms with E-state index in [0.717, 1.165) is 0 Å². The van der Waals surface area contributed by atoms with Gasteiger partial charge in [0.15, 0.2) is 6.17 Å². The van der Waals surface area contributed by atoms with Crippen molar-refractivity contribution < 1.29 is 13.9 Å². The predicted octanol–water partition coefficient (Wildman–Crippen LogP) is 0.236. The van der Waals surface area contributed by atoms with Crippen LogP contribution < -0.4 is 5.73 Å². The van der Waals surface area contributed by atoms with Crippen LogP contribution in [0.5, 0.6) is 0 Å². The molecule has 1 heterocycles. The third-order valence-electron chi connectivity index (χ3n) is 1.95. The summed E-state index contributed by atoms with van der Waals surface area (Å²) < 4.78 is 17.9. The Morgan fingerprint density at radius 2 is 2.09 bits per heavy atom. The SMILES string of the molecule is NC(=O)C(F)C1CCOCC1. The highest BCUT2D eigenvalue weighted by Gasteiger charge is 2.27. The molecule has 0 aromatic heterocycles. The van der Waals surface area contributed by atoms with Gasteiger partial charge in [-0.2, -0.15) is 0 Å². The van der Waals surface area contributed by atoms with E-state index in [0.29, 0.717) is 26.1 Å². The van der Waals surface area contributed by atoms with Gasteiger partial charge in [0.05, 0.1) is 0 Å². The Bertz CT molecular complexity index is 145. The fourth-order valence-corrected chi connectivity index (χ4v) is 1.24. The van der Waals surface area contributed by atoms with E-state index in [-0.39, 0.29) is 5.92 Å². The number of halogens is 1. The Labute approximate surface area is 64.7 Å². The van der Waals surface area contributed by atoms with Crippen LogP contribution in [-0.4, -0.2) is 25.3 Å². The quantitative estimate of drug-likeness (QED) is 0.630. The highest BCUT2D eigenvalue weighted by molar-refractivity contribution is 5.78. The van der Waals surface area contributed by atoms with Crippen LogP contribution in [0.4, 0.5) is 4.39 Å². The monoisotopic (exact) mass is 161 g/mol. The molecule has 0 spiro atoms. The minimum Gasteiger partial charge on any atom is -0.381 e. The van der Waals surface area contributed by atoms with Crippen molar-refractivity contribution in [3.63, 3.8) is 0 Å². The molecule has 1 amide bonds. The lowest BCUT2D eigenvalue weighted by molar-refractivity contribution is -0.125. The van der Waals surface area contributed by atoms with E-state index in [4.69, 9.17) is 10.5 Å². The number of nitrogens with two attached hydrogens (primary N) is 1. The summed E-state index contributed by atoms with van der Waals surface area (Å²) in [6.07, 6.45) is -0.285. The molecule has 1 saturated heterocycles. The molecular formula is C7H12FNO2. The van der Waals surface area contributed by atoms with Gasteiger partial charge in [0.25, 0.3) is 5.91 Å². The van der Waals surface area contributed by atoms with E-state index >= 15 is 0 Å². The first kappa shape index (κ1) is 8.46. The number of hydrogen-bond donors (Lipinski definition) is 1. The first-order valence-corrected chi connectivity index (χ1v) is 3.73. The van der Waals surface area contributed by atoms with Gasteiger partial charge in [0.1, 0.15) is 0 Å². The maximum Gasteiger partial charge on any atom is 0.252 e. The third-order valence-corrected chi connectivity index (χ3v) is 1.95. The van der Waals surface area contributed by atoms with Gasteiger partial charge in [0.2, 0.25) is 0 Å². The number of primary amides is 1. The van der Waals surface area contributed by atoms with Gasteiger partial charge < -0.3 is 10.5 Å². The lowest BCUT2D eigenvalue weighted by Gasteiger charge is -2.23. The average molecular weight is 161 g/mol. The summed E-state index contributed by atoms with van der Waals surface area (Å²) in [5.74, 6) is -1.07. The summed E-state index contributed by atoms with van der Waals surface area (Å²) in [5.41, 5.74) is 4.81. The molecule has 1 rings (SSSR count). The second-order valence-electron chi connectivity index (χ2n) is 2.75. The maximum atomic E-state index is 12.9. The van der Waals surface area contributed by atoms with Crippen molar-refractivity contribution in [2.75, 3.05) is 13.2 Å². The lowest BCUT2D eigenvalue weighted by Crippen LogP contribution is -2.34. The van der Waals surface area contributed by atoms with Crippen molar-refractivity contribution in [3.8, 4) is 0 Å². The summed E-state index contributed by atoms with van der Waals surface area (Å²) >= 11 is 0. The van der Waals surface area contributed by atoms with Crippen molar-refractivity contribution >= 4 is 5.91 Å². The van der Waals surface area contributed by atoms with Crippen LogP contribution in [0, 0.1) is 5.92 Å². The molecule has 1 atom stereocenters. The molecule has 11 heavy (non-hydrogen) atoms. The zero-order valence-electron chi connectivity index (χ0n) is 6.25. The van der Waals surface area contributed by atoms with Gasteiger partial charge in [-0.15, -0.1) is 0 Å². The fraction of sp³-hybridized carbons (Fsp3) is 0.857. The van der Waals surface area contributed by atoms with Gasteiger partial charge >= 0.3 is 0 Å². The van der Waals surface area contributed by atoms with Crippen molar-refractivity contribution in [1.29, 1.82) is 0 Å². The van der Waals surface area contributed by atoms with Crippen LogP contribution in [0.1, 0.15) is 12.8 Å². The Morgan fingerprint density at radius 1 is 1.55 bits per heavy atom. The second-order valence-corrected chi connectivity index (χ2v) is 2.75. The molecule has 4 heteroatoms. The number of hydrogen-bond acceptors (Lipinski definition) is 2. The molecular weight excluding hydrogens is 149 g/mol. The van der Waals surface area contributed by atoms with Crippen molar-refractivity contribution in [3.05, 3.63) is 0 Å². The van der Waals surface area contributed by atoms with Gasteiger partial charge in [-0.25, -0.2) is 4.39 Å². The number of ether oxygens (including phenoxy) is 1. The van der Waals surface area contributed by atoms with Crippen LogP contribution in [0.3, 0.4) is 0 Å². The molecule has 0 saturated carbocycles. The fourth-order valence-electron chi connectivity index (χ4n) is 1.24. The molecule has 0 radical (unpaired) electrons. The van der Waals surface area contributed by atoms with E-state index in [9.17, 15) is 9.18 Å². The summed E-state index contributed by atoms with van der Waals surface area (Å²) in [7, 11) is 0. The molecule has 0 aromatic carbocycles. The summed E-state index contributed by atoms with van der Waals surface area (Å²) in [6, 6.07) is 0. The van der Waals surface area contributed by atoms with Crippen LogP contribution in [0.25, 0.3) is 0 Å². The molecule has 1 aliphatic heterocycles. The predicted molar refractivity (Wildman–Crippen MR) is 37.6 cm³/mol. The number of amides is 1. The molecule has 3 nitrogen and oxygen atoms in total. The maximum absolute atomic E-state index is 12.9. The van der Waals surface area contributed by atoms with E-state index in [1.54, 1.807) is 0 Å². The first-order chi connectivity index (χ1) is 5.22. The Balaban J connectivity index is 2.38. The Hall–Kier alpha value is -0.640. The van der Waals surface area contributed by atoms with Gasteiger partial charge in [-0.05, 0) is 12.8 Å². The number of carbonyl (C=O) groups excluding carboxylic acids is 1. The van der Waals surface area contributed by atoms with Crippen molar-refractivity contribution in [2.24, 2.45) is 11.7 Å². The first-order valence-electron chi connectivity index (χ1n) is 3.73. The number of alkyl halides is 1. The zero-order valence-corrected chi connectivity index (χ0v) is 6.25. The van der Waals surface area contributed by atoms with Crippen LogP contribution in [0.15, 0.2) is 0 Å². The molecule has 1 fully saturated rings. The van der Waals surface area contributed by atoms with E-state index in [1.807, 2.05) is 0 Å². The standard InChI is InChI=1S/C7H12FNO2/c8-6(7(9)10)5-1-3-11-4-2-5/h5-6H,1-4H2,(H2,9,10). The summed E-state index contributed by atoms with van der Waals surface area (Å²) in [6.45, 7) is 1.08. The minimum atomic E-state index is -1.49. The van der Waals surface area contributed by atoms with E-state index in [1.165, 1.54) is 0 Å². The smallest absolute Gasteiger partial charge is 0.252 e. The highest BCUT2D eigenvalue weighted by Crippen LogP contribution is 2.20. The van der Waals surface area contributed by atoms with Crippen LogP contribution in [0.2, 0.25) is 0 Å². The molecule has 0 bridgehead atoms. The third kappa shape index (κ3) is 2.15. The molecule has 0 aromatic rings. The molecule has 1 unspecified atom stereocenters. The van der Waals surface area contributed by atoms with E-state index < -0.39 is 12.1 Å². The summed E-state index contributed by atoms with van der Waals surface area (Å²) in [5, 5.41) is 0. The van der Waals surface area contributed by atoms with Crippen molar-refractivity contribution in [1.82, 2.24) is 0 Å². The Kier molecular flexibility index (Phi) is 2.82. The number of carbonyl (C=O) groups is 1. The lowest BCUT2D eigenvalue weighted by atomic mass is 9.95. The van der Waals surface area contributed by atoms with Crippen molar-refractivity contribution in [2.45, 2.75) is 19.0 Å². The molecule has 2 N–H and O–H groups in total. The topological polar surface area (TPSA) is 52.3 Å². The second kappa shape index (κ2) is 3.67. The Morgan fingerprint density at radius 3 is 2.55 bits per heavy atom. The van der Waals surface area contributed by atoms with Gasteiger partial charge in [0, 0.05) is 19.1 Å². The molecule has 64 valence electrons. The molecule has 0 aliphatic carbocycles. The van der Waals surface area contributed by atoms with Gasteiger partial charge in [-0.1, -0.05) is 0 Å². The largest absolute Gasteiger partial charge is 0.381 e. The van der Waals surface area contributed by atoms with E-state index in [2.05, 4.69) is 0 Å². The van der Waals surface area contributed by atoms with Crippen LogP contribution >= 0.6 is 0 Å². The normalized spacial score (nSPS) is 23.0. The van der Waals surface area contributed by atoms with Gasteiger partial charge in [-0.3, -0.25) is 4.79 Å².